The number of amides is 2. The molecule has 2 saturated carbocycles. The van der Waals surface area contributed by atoms with Crippen molar-refractivity contribution in [3.05, 3.63) is 47.7 Å². The van der Waals surface area contributed by atoms with Gasteiger partial charge >= 0.3 is 0 Å². The first-order valence-corrected chi connectivity index (χ1v) is 11.8. The smallest absolute Gasteiger partial charge is 0.273 e. The number of hydrogen-bond donors (Lipinski definition) is 1. The standard InChI is InChI=1S/C25H33N3O4/c1-31-21-14-12-18(13-15-21)25(30)28(20-10-6-3-7-11-20)16-23-27-22(17-32-23)24(29)26-19-8-4-2-5-9-19/h12-15,17,19-20H,2-11,16H2,1H3,(H,26,29). The van der Waals surface area contributed by atoms with E-state index in [2.05, 4.69) is 10.3 Å². The van der Waals surface area contributed by atoms with Crippen molar-refractivity contribution in [1.29, 1.82) is 0 Å². The quantitative estimate of drug-likeness (QED) is 0.675. The second-order valence-corrected chi connectivity index (χ2v) is 8.89. The Kier molecular flexibility index (Phi) is 7.45. The highest BCUT2D eigenvalue weighted by Gasteiger charge is 2.28. The number of ether oxygens (including phenoxy) is 1. The van der Waals surface area contributed by atoms with Gasteiger partial charge in [0.15, 0.2) is 5.69 Å². The number of benzene rings is 1. The van der Waals surface area contributed by atoms with E-state index in [9.17, 15) is 9.59 Å². The minimum Gasteiger partial charge on any atom is -0.497 e. The van der Waals surface area contributed by atoms with Crippen molar-refractivity contribution in [1.82, 2.24) is 15.2 Å². The number of nitrogens with one attached hydrogen (secondary N) is 1. The lowest BCUT2D eigenvalue weighted by Gasteiger charge is -2.33. The SMILES string of the molecule is COc1ccc(C(=O)N(Cc2nc(C(=O)NC3CCCCC3)co2)C2CCCCC2)cc1. The Morgan fingerprint density at radius 3 is 2.34 bits per heavy atom. The van der Waals surface area contributed by atoms with E-state index in [1.54, 1.807) is 31.4 Å². The summed E-state index contributed by atoms with van der Waals surface area (Å²) in [5.41, 5.74) is 0.893. The highest BCUT2D eigenvalue weighted by molar-refractivity contribution is 5.94. The Hall–Kier alpha value is -2.83. The Balaban J connectivity index is 1.47. The highest BCUT2D eigenvalue weighted by Crippen LogP contribution is 2.26. The van der Waals surface area contributed by atoms with E-state index in [-0.39, 0.29) is 36.1 Å². The molecule has 0 bridgehead atoms. The van der Waals surface area contributed by atoms with E-state index in [1.165, 1.54) is 19.1 Å². The molecule has 0 spiro atoms. The Labute approximate surface area is 189 Å². The molecule has 32 heavy (non-hydrogen) atoms. The minimum absolute atomic E-state index is 0.0500. The van der Waals surface area contributed by atoms with Gasteiger partial charge in [-0.1, -0.05) is 38.5 Å². The fraction of sp³-hybridized carbons (Fsp3) is 0.560. The fourth-order valence-corrected chi connectivity index (χ4v) is 4.80. The normalized spacial score (nSPS) is 17.7. The van der Waals surface area contributed by atoms with Crippen LogP contribution in [0.15, 0.2) is 34.9 Å². The molecule has 4 rings (SSSR count). The van der Waals surface area contributed by atoms with Crippen LogP contribution in [0.4, 0.5) is 0 Å². The predicted octanol–water partition coefficient (Wildman–Crippen LogP) is 4.72. The van der Waals surface area contributed by atoms with E-state index in [0.717, 1.165) is 51.4 Å². The summed E-state index contributed by atoms with van der Waals surface area (Å²) < 4.78 is 10.8. The van der Waals surface area contributed by atoms with E-state index >= 15 is 0 Å². The van der Waals surface area contributed by atoms with Crippen LogP contribution < -0.4 is 10.1 Å². The molecule has 2 aromatic rings. The zero-order chi connectivity index (χ0) is 22.3. The van der Waals surface area contributed by atoms with Crippen LogP contribution in [0, 0.1) is 0 Å². The third-order valence-corrected chi connectivity index (χ3v) is 6.64. The lowest BCUT2D eigenvalue weighted by Crippen LogP contribution is -2.41. The molecule has 0 aliphatic heterocycles. The van der Waals surface area contributed by atoms with Crippen molar-refractivity contribution in [2.45, 2.75) is 82.8 Å². The number of methoxy groups -OCH3 is 1. The van der Waals surface area contributed by atoms with E-state index in [0.29, 0.717) is 17.2 Å². The molecule has 1 heterocycles. The molecule has 2 amide bonds. The summed E-state index contributed by atoms with van der Waals surface area (Å²) in [5.74, 6) is 0.863. The number of carbonyl (C=O) groups is 2. The third-order valence-electron chi connectivity index (χ3n) is 6.64. The zero-order valence-electron chi connectivity index (χ0n) is 18.8. The summed E-state index contributed by atoms with van der Waals surface area (Å²) >= 11 is 0. The summed E-state index contributed by atoms with van der Waals surface area (Å²) in [6, 6.07) is 7.53. The first-order valence-electron chi connectivity index (χ1n) is 11.8. The molecule has 172 valence electrons. The summed E-state index contributed by atoms with van der Waals surface area (Å²) in [6.45, 7) is 0.256. The van der Waals surface area contributed by atoms with Crippen LogP contribution in [0.1, 0.15) is 90.9 Å². The molecule has 0 radical (unpaired) electrons. The lowest BCUT2D eigenvalue weighted by atomic mass is 9.93. The van der Waals surface area contributed by atoms with Crippen LogP contribution in [0.2, 0.25) is 0 Å². The molecule has 7 heteroatoms. The van der Waals surface area contributed by atoms with Gasteiger partial charge in [0, 0.05) is 17.6 Å². The van der Waals surface area contributed by atoms with Gasteiger partial charge in [-0.15, -0.1) is 0 Å². The third kappa shape index (κ3) is 5.50. The van der Waals surface area contributed by atoms with Crippen molar-refractivity contribution >= 4 is 11.8 Å². The second kappa shape index (κ2) is 10.7. The van der Waals surface area contributed by atoms with Gasteiger partial charge in [0.05, 0.1) is 13.7 Å². The fourth-order valence-electron chi connectivity index (χ4n) is 4.80. The van der Waals surface area contributed by atoms with Crippen molar-refractivity contribution in [3.8, 4) is 5.75 Å². The molecular weight excluding hydrogens is 406 g/mol. The Morgan fingerprint density at radius 2 is 1.69 bits per heavy atom. The zero-order valence-corrected chi connectivity index (χ0v) is 18.8. The number of oxazole rings is 1. The minimum atomic E-state index is -0.197. The van der Waals surface area contributed by atoms with Gasteiger partial charge in [-0.05, 0) is 49.9 Å². The van der Waals surface area contributed by atoms with Crippen LogP contribution in [0.3, 0.4) is 0 Å². The largest absolute Gasteiger partial charge is 0.497 e. The van der Waals surface area contributed by atoms with E-state index in [1.807, 2.05) is 4.90 Å². The monoisotopic (exact) mass is 439 g/mol. The van der Waals surface area contributed by atoms with Crippen molar-refractivity contribution in [3.63, 3.8) is 0 Å². The molecule has 0 unspecified atom stereocenters. The first-order chi connectivity index (χ1) is 15.6. The summed E-state index contributed by atoms with van der Waals surface area (Å²) in [6.07, 6.45) is 12.3. The van der Waals surface area contributed by atoms with Crippen LogP contribution in [-0.2, 0) is 6.54 Å². The van der Waals surface area contributed by atoms with Gasteiger partial charge in [0.1, 0.15) is 12.0 Å². The Morgan fingerprint density at radius 1 is 1.03 bits per heavy atom. The molecule has 1 aromatic carbocycles. The van der Waals surface area contributed by atoms with Crippen LogP contribution in [0.5, 0.6) is 5.75 Å². The molecule has 0 saturated heterocycles. The van der Waals surface area contributed by atoms with Gasteiger partial charge < -0.3 is 19.4 Å². The van der Waals surface area contributed by atoms with Gasteiger partial charge in [-0.3, -0.25) is 9.59 Å². The van der Waals surface area contributed by atoms with E-state index < -0.39 is 0 Å². The lowest BCUT2D eigenvalue weighted by molar-refractivity contribution is 0.0591. The number of carbonyl (C=O) groups excluding carboxylic acids is 2. The second-order valence-electron chi connectivity index (χ2n) is 8.89. The average molecular weight is 440 g/mol. The number of rotatable bonds is 7. The number of nitrogens with zero attached hydrogens (tertiary/aromatic N) is 2. The van der Waals surface area contributed by atoms with Gasteiger partial charge in [0.25, 0.3) is 11.8 Å². The molecular formula is C25H33N3O4. The molecule has 1 N–H and O–H groups in total. The maximum absolute atomic E-state index is 13.4. The summed E-state index contributed by atoms with van der Waals surface area (Å²) in [7, 11) is 1.61. The topological polar surface area (TPSA) is 84.7 Å². The van der Waals surface area contributed by atoms with Crippen molar-refractivity contribution < 1.29 is 18.7 Å². The first kappa shape index (κ1) is 22.4. The number of aromatic nitrogens is 1. The van der Waals surface area contributed by atoms with Gasteiger partial charge in [-0.25, -0.2) is 4.98 Å². The maximum atomic E-state index is 13.4. The van der Waals surface area contributed by atoms with Crippen LogP contribution in [0.25, 0.3) is 0 Å². The predicted molar refractivity (Wildman–Crippen MR) is 121 cm³/mol. The molecule has 2 fully saturated rings. The average Bonchev–Trinajstić information content (AvgIpc) is 3.32. The Bertz CT molecular complexity index is 896. The highest BCUT2D eigenvalue weighted by atomic mass is 16.5. The molecule has 2 aliphatic carbocycles. The molecule has 0 atom stereocenters. The maximum Gasteiger partial charge on any atom is 0.273 e. The summed E-state index contributed by atoms with van der Waals surface area (Å²) in [5, 5.41) is 3.07. The molecule has 2 aliphatic rings. The number of hydrogen-bond acceptors (Lipinski definition) is 5. The van der Waals surface area contributed by atoms with Crippen LogP contribution in [-0.4, -0.2) is 40.9 Å². The molecule has 1 aromatic heterocycles. The van der Waals surface area contributed by atoms with E-state index in [4.69, 9.17) is 9.15 Å². The summed E-state index contributed by atoms with van der Waals surface area (Å²) in [4.78, 5) is 32.3. The van der Waals surface area contributed by atoms with Crippen LogP contribution >= 0.6 is 0 Å². The van der Waals surface area contributed by atoms with Gasteiger partial charge in [-0.2, -0.15) is 0 Å². The van der Waals surface area contributed by atoms with Crippen molar-refractivity contribution in [2.24, 2.45) is 0 Å². The van der Waals surface area contributed by atoms with Gasteiger partial charge in [0.2, 0.25) is 5.89 Å². The molecule has 7 nitrogen and oxygen atoms in total. The van der Waals surface area contributed by atoms with Crippen molar-refractivity contribution in [2.75, 3.05) is 7.11 Å².